The van der Waals surface area contributed by atoms with Crippen molar-refractivity contribution in [2.75, 3.05) is 6.61 Å². The van der Waals surface area contributed by atoms with Gasteiger partial charge in [0.2, 0.25) is 0 Å². The van der Waals surface area contributed by atoms with Crippen LogP contribution in [0.15, 0.2) is 69.6 Å². The SMILES string of the molecule is CCCC1=C(C(=O)OCC)[C@H](c2ccc(C(C)C)cc2)n2c(s/c(=C\c3cc(C)n(-c4ccc(C)c(I)c4)c3C)c2=O)=N1. The quantitative estimate of drug-likeness (QED) is 0.146. The van der Waals surface area contributed by atoms with Gasteiger partial charge < -0.3 is 9.30 Å². The van der Waals surface area contributed by atoms with E-state index in [4.69, 9.17) is 9.73 Å². The molecule has 1 aliphatic rings. The molecular formula is C35H38IN3O3S. The fourth-order valence-corrected chi connectivity index (χ4v) is 7.20. The second kappa shape index (κ2) is 12.8. The molecule has 43 heavy (non-hydrogen) atoms. The standard InChI is InChI=1S/C35H38IN3O3S/c1-8-10-29-31(34(41)42-9-2)32(25-14-12-24(13-15-25)20(3)4)39-33(40)30(43-35(39)37-29)18-26-17-22(6)38(23(26)7)27-16-11-21(5)28(36)19-27/h11-20,32H,8-10H2,1-7H3/b30-18-/t32-/m0/s1. The van der Waals surface area contributed by atoms with Gasteiger partial charge in [0.15, 0.2) is 4.80 Å². The number of carbonyl (C=O) groups excluding carboxylic acids is 1. The highest BCUT2D eigenvalue weighted by atomic mass is 127. The molecule has 1 atom stereocenters. The van der Waals surface area contributed by atoms with E-state index in [2.05, 4.69) is 105 Å². The van der Waals surface area contributed by atoms with Gasteiger partial charge in [-0.15, -0.1) is 0 Å². The van der Waals surface area contributed by atoms with Gasteiger partial charge in [0.1, 0.15) is 0 Å². The molecule has 3 heterocycles. The Balaban J connectivity index is 1.71. The molecule has 8 heteroatoms. The number of halogens is 1. The molecule has 0 saturated heterocycles. The Morgan fingerprint density at radius 1 is 1.09 bits per heavy atom. The molecule has 0 aliphatic carbocycles. The molecule has 0 fully saturated rings. The third-order valence-electron chi connectivity index (χ3n) is 7.98. The van der Waals surface area contributed by atoms with Crippen LogP contribution in [0.4, 0.5) is 0 Å². The van der Waals surface area contributed by atoms with E-state index in [0.717, 1.165) is 34.6 Å². The fourth-order valence-electron chi connectivity index (χ4n) is 5.69. The molecule has 224 valence electrons. The zero-order valence-corrected chi connectivity index (χ0v) is 28.8. The second-order valence-electron chi connectivity index (χ2n) is 11.3. The molecule has 0 N–H and O–H groups in total. The van der Waals surface area contributed by atoms with Gasteiger partial charge >= 0.3 is 5.97 Å². The van der Waals surface area contributed by atoms with Crippen molar-refractivity contribution in [1.29, 1.82) is 0 Å². The number of aryl methyl sites for hydroxylation is 2. The van der Waals surface area contributed by atoms with Gasteiger partial charge in [-0.3, -0.25) is 9.36 Å². The maximum atomic E-state index is 14.2. The van der Waals surface area contributed by atoms with Crippen LogP contribution in [-0.4, -0.2) is 21.7 Å². The highest BCUT2D eigenvalue weighted by Gasteiger charge is 2.34. The lowest BCUT2D eigenvalue weighted by atomic mass is 9.92. The average molecular weight is 708 g/mol. The number of hydrogen-bond acceptors (Lipinski definition) is 5. The number of allylic oxidation sites excluding steroid dienone is 1. The predicted molar refractivity (Wildman–Crippen MR) is 183 cm³/mol. The summed E-state index contributed by atoms with van der Waals surface area (Å²) in [7, 11) is 0. The van der Waals surface area contributed by atoms with E-state index < -0.39 is 12.0 Å². The van der Waals surface area contributed by atoms with Crippen LogP contribution in [0, 0.1) is 24.3 Å². The third kappa shape index (κ3) is 5.96. The summed E-state index contributed by atoms with van der Waals surface area (Å²) >= 11 is 3.75. The number of aromatic nitrogens is 2. The number of benzene rings is 2. The van der Waals surface area contributed by atoms with Gasteiger partial charge in [-0.05, 0) is 109 Å². The van der Waals surface area contributed by atoms with Gasteiger partial charge in [0.05, 0.1) is 28.5 Å². The van der Waals surface area contributed by atoms with Crippen LogP contribution in [0.2, 0.25) is 0 Å². The Bertz CT molecular complexity index is 1910. The minimum Gasteiger partial charge on any atom is -0.463 e. The molecule has 6 nitrogen and oxygen atoms in total. The van der Waals surface area contributed by atoms with Crippen molar-refractivity contribution in [1.82, 2.24) is 9.13 Å². The molecule has 0 amide bonds. The summed E-state index contributed by atoms with van der Waals surface area (Å²) in [5.74, 6) is -0.0488. The maximum absolute atomic E-state index is 14.2. The largest absolute Gasteiger partial charge is 0.463 e. The molecule has 0 bridgehead atoms. The molecule has 1 aliphatic heterocycles. The lowest BCUT2D eigenvalue weighted by Gasteiger charge is -2.26. The summed E-state index contributed by atoms with van der Waals surface area (Å²) in [5.41, 5.74) is 8.53. The minimum absolute atomic E-state index is 0.159. The summed E-state index contributed by atoms with van der Waals surface area (Å²) in [6.45, 7) is 14.7. The van der Waals surface area contributed by atoms with Crippen molar-refractivity contribution >= 4 is 46.0 Å². The first-order chi connectivity index (χ1) is 20.5. The maximum Gasteiger partial charge on any atom is 0.338 e. The highest BCUT2D eigenvalue weighted by molar-refractivity contribution is 14.1. The smallest absolute Gasteiger partial charge is 0.338 e. The topological polar surface area (TPSA) is 65.6 Å². The molecule has 0 spiro atoms. The van der Waals surface area contributed by atoms with E-state index in [0.29, 0.717) is 32.9 Å². The van der Waals surface area contributed by atoms with Crippen molar-refractivity contribution in [3.8, 4) is 5.69 Å². The van der Waals surface area contributed by atoms with Crippen molar-refractivity contribution in [3.63, 3.8) is 0 Å². The number of thiazole rings is 1. The van der Waals surface area contributed by atoms with Crippen LogP contribution >= 0.6 is 33.9 Å². The van der Waals surface area contributed by atoms with Crippen LogP contribution in [0.3, 0.4) is 0 Å². The summed E-state index contributed by atoms with van der Waals surface area (Å²) < 4.78 is 11.2. The van der Waals surface area contributed by atoms with Crippen molar-refractivity contribution < 1.29 is 9.53 Å². The van der Waals surface area contributed by atoms with Gasteiger partial charge in [-0.25, -0.2) is 9.79 Å². The first kappa shape index (κ1) is 31.2. The molecule has 2 aromatic carbocycles. The Kier molecular flexibility index (Phi) is 9.27. The first-order valence-corrected chi connectivity index (χ1v) is 16.7. The molecule has 5 rings (SSSR count). The Morgan fingerprint density at radius 2 is 1.81 bits per heavy atom. The van der Waals surface area contributed by atoms with Gasteiger partial charge in [-0.2, -0.15) is 0 Å². The van der Waals surface area contributed by atoms with Crippen molar-refractivity contribution in [3.05, 3.63) is 117 Å². The van der Waals surface area contributed by atoms with Crippen LogP contribution < -0.4 is 14.9 Å². The zero-order valence-electron chi connectivity index (χ0n) is 25.8. The third-order valence-corrected chi connectivity index (χ3v) is 10.1. The van der Waals surface area contributed by atoms with Crippen molar-refractivity contribution in [2.24, 2.45) is 4.99 Å². The monoisotopic (exact) mass is 707 g/mol. The second-order valence-corrected chi connectivity index (χ2v) is 13.5. The van der Waals surface area contributed by atoms with Crippen molar-refractivity contribution in [2.45, 2.75) is 73.3 Å². The summed E-state index contributed by atoms with van der Waals surface area (Å²) in [4.78, 5) is 33.2. The minimum atomic E-state index is -0.609. The van der Waals surface area contributed by atoms with Crippen LogP contribution in [0.25, 0.3) is 11.8 Å². The van der Waals surface area contributed by atoms with E-state index in [1.54, 1.807) is 11.5 Å². The highest BCUT2D eigenvalue weighted by Crippen LogP contribution is 2.33. The van der Waals surface area contributed by atoms with E-state index in [1.807, 2.05) is 18.2 Å². The normalized spacial score (nSPS) is 15.2. The average Bonchev–Trinajstić information content (AvgIpc) is 3.43. The van der Waals surface area contributed by atoms with E-state index in [1.165, 1.54) is 26.0 Å². The number of rotatable bonds is 8. The number of ether oxygens (including phenoxy) is 1. The molecule has 0 saturated carbocycles. The van der Waals surface area contributed by atoms with Gasteiger partial charge in [-0.1, -0.05) is 68.9 Å². The molecule has 4 aromatic rings. The number of esters is 1. The van der Waals surface area contributed by atoms with Gasteiger partial charge in [0, 0.05) is 20.6 Å². The summed E-state index contributed by atoms with van der Waals surface area (Å²) in [6.07, 6.45) is 3.41. The summed E-state index contributed by atoms with van der Waals surface area (Å²) in [5, 5.41) is 0. The Hall–Kier alpha value is -3.24. The van der Waals surface area contributed by atoms with Crippen LogP contribution in [-0.2, 0) is 9.53 Å². The number of fused-ring (bicyclic) bond motifs is 1. The lowest BCUT2D eigenvalue weighted by molar-refractivity contribution is -0.139. The molecular weight excluding hydrogens is 669 g/mol. The van der Waals surface area contributed by atoms with E-state index in [9.17, 15) is 9.59 Å². The zero-order chi connectivity index (χ0) is 31.0. The Labute approximate surface area is 270 Å². The van der Waals surface area contributed by atoms with Crippen LogP contribution in [0.1, 0.15) is 86.1 Å². The van der Waals surface area contributed by atoms with E-state index in [-0.39, 0.29) is 12.2 Å². The Morgan fingerprint density at radius 3 is 2.44 bits per heavy atom. The predicted octanol–water partition coefficient (Wildman–Crippen LogP) is 7.02. The molecule has 0 unspecified atom stereocenters. The summed E-state index contributed by atoms with van der Waals surface area (Å²) in [6, 6.07) is 16.2. The first-order valence-electron chi connectivity index (χ1n) is 14.8. The molecule has 0 radical (unpaired) electrons. The van der Waals surface area contributed by atoms with Gasteiger partial charge in [0.25, 0.3) is 5.56 Å². The van der Waals surface area contributed by atoms with E-state index >= 15 is 0 Å². The number of hydrogen-bond donors (Lipinski definition) is 0. The number of nitrogens with zero attached hydrogens (tertiary/aromatic N) is 3. The van der Waals surface area contributed by atoms with Crippen LogP contribution in [0.5, 0.6) is 0 Å². The fraction of sp³-hybridized carbons (Fsp3) is 0.343. The lowest BCUT2D eigenvalue weighted by Crippen LogP contribution is -2.40. The number of carbonyl (C=O) groups is 1. The molecule has 2 aromatic heterocycles.